The van der Waals surface area contributed by atoms with Gasteiger partial charge in [0.2, 0.25) is 0 Å². The summed E-state index contributed by atoms with van der Waals surface area (Å²) in [4.78, 5) is 11.2. The molecule has 1 rings (SSSR count). The third-order valence-electron chi connectivity index (χ3n) is 2.38. The van der Waals surface area contributed by atoms with E-state index < -0.39 is 10.7 Å². The van der Waals surface area contributed by atoms with Gasteiger partial charge < -0.3 is 9.84 Å². The highest BCUT2D eigenvalue weighted by Gasteiger charge is 2.40. The molecule has 0 saturated carbocycles. The molecule has 0 atom stereocenters. The van der Waals surface area contributed by atoms with Crippen LogP contribution in [0.5, 0.6) is 0 Å². The molecule has 4 heteroatoms. The number of aliphatic carboxylic acids is 1. The van der Waals surface area contributed by atoms with Crippen molar-refractivity contribution in [2.24, 2.45) is 5.92 Å². The van der Waals surface area contributed by atoms with Gasteiger partial charge in [-0.3, -0.25) is 4.79 Å². The van der Waals surface area contributed by atoms with Crippen molar-refractivity contribution in [1.82, 2.24) is 0 Å². The summed E-state index contributed by atoms with van der Waals surface area (Å²) in [5.41, 5.74) is 0. The summed E-state index contributed by atoms with van der Waals surface area (Å²) >= 11 is 1.58. The average Bonchev–Trinajstić information content (AvgIpc) is 2.16. The molecule has 0 unspecified atom stereocenters. The second-order valence-corrected chi connectivity index (χ2v) is 5.52. The number of thioether (sulfide) groups is 1. The number of hydrogen-bond donors (Lipinski definition) is 1. The zero-order valence-electron chi connectivity index (χ0n) is 8.78. The van der Waals surface area contributed by atoms with Crippen LogP contribution < -0.4 is 0 Å². The summed E-state index contributed by atoms with van der Waals surface area (Å²) in [7, 11) is 0. The Kier molecular flexibility index (Phi) is 4.26. The minimum Gasteiger partial charge on any atom is -0.480 e. The van der Waals surface area contributed by atoms with Crippen LogP contribution >= 0.6 is 11.8 Å². The average molecular weight is 218 g/mol. The summed E-state index contributed by atoms with van der Waals surface area (Å²) in [5.74, 6) is 0.775. The second-order valence-electron chi connectivity index (χ2n) is 4.12. The van der Waals surface area contributed by atoms with Gasteiger partial charge in [-0.1, -0.05) is 13.8 Å². The molecule has 1 saturated heterocycles. The van der Waals surface area contributed by atoms with Crippen LogP contribution in [0.25, 0.3) is 0 Å². The standard InChI is InChI=1S/C10H18O3S/c1-8(2)7-14-10(9(11)12)3-5-13-6-4-10/h8H,3-7H2,1-2H3,(H,11,12). The number of carbonyl (C=O) groups is 1. The van der Waals surface area contributed by atoms with Gasteiger partial charge in [-0.2, -0.15) is 0 Å². The highest BCUT2D eigenvalue weighted by atomic mass is 32.2. The van der Waals surface area contributed by atoms with Crippen LogP contribution in [0.1, 0.15) is 26.7 Å². The van der Waals surface area contributed by atoms with Crippen molar-refractivity contribution in [2.45, 2.75) is 31.4 Å². The quantitative estimate of drug-likeness (QED) is 0.784. The maximum Gasteiger partial charge on any atom is 0.319 e. The van der Waals surface area contributed by atoms with Crippen molar-refractivity contribution in [3.05, 3.63) is 0 Å². The predicted molar refractivity (Wildman–Crippen MR) is 57.7 cm³/mol. The van der Waals surface area contributed by atoms with Crippen LogP contribution in [-0.2, 0) is 9.53 Å². The molecule has 0 aromatic rings. The fourth-order valence-electron chi connectivity index (χ4n) is 1.45. The summed E-state index contributed by atoms with van der Waals surface area (Å²) in [5, 5.41) is 9.23. The maximum atomic E-state index is 11.2. The minimum absolute atomic E-state index is 0.541. The molecule has 1 aliphatic rings. The normalized spacial score (nSPS) is 21.1. The molecule has 1 aliphatic heterocycles. The molecule has 3 nitrogen and oxygen atoms in total. The van der Waals surface area contributed by atoms with E-state index in [0.29, 0.717) is 32.0 Å². The lowest BCUT2D eigenvalue weighted by atomic mass is 9.99. The monoisotopic (exact) mass is 218 g/mol. The first kappa shape index (κ1) is 11.9. The van der Waals surface area contributed by atoms with Crippen LogP contribution in [0.4, 0.5) is 0 Å². The van der Waals surface area contributed by atoms with Crippen molar-refractivity contribution >= 4 is 17.7 Å². The summed E-state index contributed by atoms with van der Waals surface area (Å²) in [6, 6.07) is 0. The molecule has 14 heavy (non-hydrogen) atoms. The minimum atomic E-state index is -0.675. The Morgan fingerprint density at radius 1 is 1.50 bits per heavy atom. The van der Waals surface area contributed by atoms with E-state index in [2.05, 4.69) is 13.8 Å². The topological polar surface area (TPSA) is 46.5 Å². The van der Waals surface area contributed by atoms with Crippen molar-refractivity contribution in [2.75, 3.05) is 19.0 Å². The molecule has 0 aliphatic carbocycles. The molecular formula is C10H18O3S. The van der Waals surface area contributed by atoms with Gasteiger partial charge in [-0.25, -0.2) is 0 Å². The smallest absolute Gasteiger partial charge is 0.319 e. The molecule has 0 spiro atoms. The van der Waals surface area contributed by atoms with E-state index in [1.54, 1.807) is 11.8 Å². The third kappa shape index (κ3) is 2.89. The highest BCUT2D eigenvalue weighted by Crippen LogP contribution is 2.36. The Hall–Kier alpha value is -0.220. The van der Waals surface area contributed by atoms with Crippen LogP contribution in [0.15, 0.2) is 0 Å². The van der Waals surface area contributed by atoms with E-state index in [9.17, 15) is 9.90 Å². The van der Waals surface area contributed by atoms with Gasteiger partial charge in [0.25, 0.3) is 0 Å². The molecular weight excluding hydrogens is 200 g/mol. The van der Waals surface area contributed by atoms with E-state index in [1.165, 1.54) is 0 Å². The van der Waals surface area contributed by atoms with Crippen molar-refractivity contribution < 1.29 is 14.6 Å². The molecule has 1 fully saturated rings. The van der Waals surface area contributed by atoms with E-state index in [1.807, 2.05) is 0 Å². The van der Waals surface area contributed by atoms with Gasteiger partial charge in [0.15, 0.2) is 0 Å². The van der Waals surface area contributed by atoms with Crippen LogP contribution in [-0.4, -0.2) is 34.8 Å². The van der Waals surface area contributed by atoms with E-state index >= 15 is 0 Å². The molecule has 0 amide bonds. The molecule has 0 aromatic heterocycles. The van der Waals surface area contributed by atoms with Gasteiger partial charge in [0.1, 0.15) is 4.75 Å². The summed E-state index contributed by atoms with van der Waals surface area (Å²) in [6.07, 6.45) is 1.28. The predicted octanol–water partition coefficient (Wildman–Crippen LogP) is 2.01. The molecule has 0 radical (unpaired) electrons. The molecule has 1 N–H and O–H groups in total. The zero-order chi connectivity index (χ0) is 10.6. The van der Waals surface area contributed by atoms with Gasteiger partial charge in [-0.15, -0.1) is 11.8 Å². The molecule has 82 valence electrons. The Morgan fingerprint density at radius 2 is 2.07 bits per heavy atom. The van der Waals surface area contributed by atoms with Gasteiger partial charge in [0, 0.05) is 13.2 Å². The van der Waals surface area contributed by atoms with Crippen LogP contribution in [0.3, 0.4) is 0 Å². The Bertz CT molecular complexity index is 198. The van der Waals surface area contributed by atoms with E-state index in [-0.39, 0.29) is 0 Å². The second kappa shape index (κ2) is 5.03. The van der Waals surface area contributed by atoms with Crippen molar-refractivity contribution in [3.63, 3.8) is 0 Å². The highest BCUT2D eigenvalue weighted by molar-refractivity contribution is 8.01. The fourth-order valence-corrected chi connectivity index (χ4v) is 2.68. The van der Waals surface area contributed by atoms with Crippen molar-refractivity contribution in [1.29, 1.82) is 0 Å². The SMILES string of the molecule is CC(C)CSC1(C(=O)O)CCOCC1. The first-order chi connectivity index (χ1) is 6.57. The number of rotatable bonds is 4. The number of carboxylic acid groups (broad SMARTS) is 1. The van der Waals surface area contributed by atoms with Crippen LogP contribution in [0, 0.1) is 5.92 Å². The molecule has 0 aromatic carbocycles. The fraction of sp³-hybridized carbons (Fsp3) is 0.900. The Morgan fingerprint density at radius 3 is 2.50 bits per heavy atom. The van der Waals surface area contributed by atoms with Crippen molar-refractivity contribution in [3.8, 4) is 0 Å². The molecule has 1 heterocycles. The largest absolute Gasteiger partial charge is 0.480 e. The lowest BCUT2D eigenvalue weighted by Crippen LogP contribution is -2.41. The third-order valence-corrected chi connectivity index (χ3v) is 4.35. The number of hydrogen-bond acceptors (Lipinski definition) is 3. The zero-order valence-corrected chi connectivity index (χ0v) is 9.60. The summed E-state index contributed by atoms with van der Waals surface area (Å²) in [6.45, 7) is 5.39. The van der Waals surface area contributed by atoms with E-state index in [0.717, 1.165) is 5.75 Å². The Labute approximate surface area is 89.2 Å². The van der Waals surface area contributed by atoms with Gasteiger partial charge in [-0.05, 0) is 24.5 Å². The first-order valence-corrected chi connectivity index (χ1v) is 6.00. The van der Waals surface area contributed by atoms with Gasteiger partial charge in [0.05, 0.1) is 0 Å². The lowest BCUT2D eigenvalue weighted by Gasteiger charge is -2.32. The first-order valence-electron chi connectivity index (χ1n) is 5.02. The molecule has 0 bridgehead atoms. The lowest BCUT2D eigenvalue weighted by molar-refractivity contribution is -0.142. The van der Waals surface area contributed by atoms with E-state index in [4.69, 9.17) is 4.74 Å². The maximum absolute atomic E-state index is 11.2. The Balaban J connectivity index is 2.56. The van der Waals surface area contributed by atoms with Gasteiger partial charge >= 0.3 is 5.97 Å². The summed E-state index contributed by atoms with van der Waals surface area (Å²) < 4.78 is 4.62. The number of ether oxygens (including phenoxy) is 1. The number of carboxylic acids is 1. The van der Waals surface area contributed by atoms with Crippen LogP contribution in [0.2, 0.25) is 0 Å².